The van der Waals surface area contributed by atoms with Gasteiger partial charge in [0.1, 0.15) is 11.9 Å². The minimum Gasteiger partial charge on any atom is -0.381 e. The highest BCUT2D eigenvalue weighted by molar-refractivity contribution is 7.91. The predicted molar refractivity (Wildman–Crippen MR) is 134 cm³/mol. The van der Waals surface area contributed by atoms with Gasteiger partial charge in [-0.1, -0.05) is 26.0 Å². The Morgan fingerprint density at radius 3 is 2.38 bits per heavy atom. The topological polar surface area (TPSA) is 92.8 Å². The smallest absolute Gasteiger partial charge is 0.381 e. The highest BCUT2D eigenvalue weighted by Crippen LogP contribution is 2.36. The van der Waals surface area contributed by atoms with Crippen molar-refractivity contribution in [3.8, 4) is 0 Å². The lowest BCUT2D eigenvalue weighted by Crippen LogP contribution is -2.52. The van der Waals surface area contributed by atoms with E-state index >= 15 is 0 Å². The van der Waals surface area contributed by atoms with Crippen LogP contribution in [0.15, 0.2) is 47.4 Å². The molecule has 2 saturated heterocycles. The molecule has 0 saturated carbocycles. The maximum absolute atomic E-state index is 14.9. The number of nitrogens with one attached hydrogen (secondary N) is 1. The van der Waals surface area contributed by atoms with Gasteiger partial charge in [0.2, 0.25) is 5.91 Å². The number of sulfone groups is 1. The lowest BCUT2D eigenvalue weighted by atomic mass is 9.90. The van der Waals surface area contributed by atoms with Gasteiger partial charge in [-0.25, -0.2) is 12.8 Å². The van der Waals surface area contributed by atoms with Gasteiger partial charge in [0.15, 0.2) is 9.84 Å². The maximum atomic E-state index is 14.9. The Hall–Kier alpha value is -2.99. The maximum Gasteiger partial charge on any atom is 0.416 e. The minimum atomic E-state index is -4.72. The fourth-order valence-electron chi connectivity index (χ4n) is 5.09. The molecule has 2 aromatic carbocycles. The Morgan fingerprint density at radius 1 is 1.10 bits per heavy atom. The van der Waals surface area contributed by atoms with Gasteiger partial charge in [-0.05, 0) is 49.6 Å². The Bertz CT molecular complexity index is 1340. The molecule has 1 N–H and O–H groups in total. The zero-order valence-electron chi connectivity index (χ0n) is 21.5. The zero-order chi connectivity index (χ0) is 28.5. The first-order valence-electron chi connectivity index (χ1n) is 12.8. The number of hydrogen-bond donors (Lipinski definition) is 1. The number of rotatable bonds is 8. The summed E-state index contributed by atoms with van der Waals surface area (Å²) in [5.41, 5.74) is -1.10. The second-order valence-corrected chi connectivity index (χ2v) is 12.1. The van der Waals surface area contributed by atoms with Gasteiger partial charge in [0.25, 0.3) is 5.91 Å². The van der Waals surface area contributed by atoms with Crippen LogP contribution in [0.2, 0.25) is 0 Å². The number of amides is 2. The molecule has 0 aromatic heterocycles. The molecule has 0 bridgehead atoms. The largest absolute Gasteiger partial charge is 0.416 e. The summed E-state index contributed by atoms with van der Waals surface area (Å²) in [6.45, 7) is 3.75. The van der Waals surface area contributed by atoms with E-state index in [-0.39, 0.29) is 46.9 Å². The molecule has 2 aliphatic heterocycles. The average Bonchev–Trinajstić information content (AvgIpc) is 3.30. The van der Waals surface area contributed by atoms with Crippen molar-refractivity contribution in [2.24, 2.45) is 5.92 Å². The lowest BCUT2D eigenvalue weighted by molar-refractivity contribution is -0.138. The Balaban J connectivity index is 1.61. The SMILES string of the molecule is CC[C@@H]1CC[C@H](C(=O)NC(c2ccc(C(F)(F)F)cc2F)C2COC2)N1C(=O)c1cccc(S(=O)(=O)CC)c1. The summed E-state index contributed by atoms with van der Waals surface area (Å²) in [4.78, 5) is 28.6. The molecule has 0 aliphatic carbocycles. The van der Waals surface area contributed by atoms with Crippen LogP contribution in [-0.2, 0) is 25.5 Å². The van der Waals surface area contributed by atoms with Crippen molar-refractivity contribution in [3.05, 3.63) is 65.0 Å². The van der Waals surface area contributed by atoms with E-state index in [1.807, 2.05) is 6.92 Å². The van der Waals surface area contributed by atoms with E-state index in [9.17, 15) is 35.6 Å². The van der Waals surface area contributed by atoms with Gasteiger partial charge >= 0.3 is 6.18 Å². The molecule has 1 unspecified atom stereocenters. The highest BCUT2D eigenvalue weighted by Gasteiger charge is 2.43. The molecule has 0 spiro atoms. The van der Waals surface area contributed by atoms with Crippen molar-refractivity contribution in [3.63, 3.8) is 0 Å². The third-order valence-electron chi connectivity index (χ3n) is 7.43. The summed E-state index contributed by atoms with van der Waals surface area (Å²) in [6, 6.07) is 5.71. The predicted octanol–water partition coefficient (Wildman–Crippen LogP) is 4.53. The average molecular weight is 571 g/mol. The molecule has 0 radical (unpaired) electrons. The van der Waals surface area contributed by atoms with Gasteiger partial charge in [-0.2, -0.15) is 13.2 Å². The summed E-state index contributed by atoms with van der Waals surface area (Å²) in [6.07, 6.45) is -3.31. The summed E-state index contributed by atoms with van der Waals surface area (Å²) in [5.74, 6) is -2.65. The first-order chi connectivity index (χ1) is 18.4. The molecule has 2 aliphatic rings. The third kappa shape index (κ3) is 5.96. The molecular weight excluding hydrogens is 540 g/mol. The van der Waals surface area contributed by atoms with Crippen LogP contribution in [-0.4, -0.2) is 56.2 Å². The quantitative estimate of drug-likeness (QED) is 0.471. The van der Waals surface area contributed by atoms with Crippen LogP contribution in [0.5, 0.6) is 0 Å². The van der Waals surface area contributed by atoms with Crippen LogP contribution < -0.4 is 5.32 Å². The third-order valence-corrected chi connectivity index (χ3v) is 9.16. The fourth-order valence-corrected chi connectivity index (χ4v) is 6.01. The second-order valence-electron chi connectivity index (χ2n) is 9.82. The first-order valence-corrected chi connectivity index (χ1v) is 14.4. The van der Waals surface area contributed by atoms with Crippen molar-refractivity contribution in [2.75, 3.05) is 19.0 Å². The number of ether oxygens (including phenoxy) is 1. The van der Waals surface area contributed by atoms with Gasteiger partial charge in [0, 0.05) is 23.1 Å². The molecule has 2 fully saturated rings. The standard InChI is InChI=1S/C27H30F4N2O5S/c1-3-19-9-11-23(33(19)26(35)16-6-5-7-20(12-16)39(36,37)4-2)25(34)32-24(17-14-38-15-17)21-10-8-18(13-22(21)28)27(29,30)31/h5-8,10,12-13,17,19,23-24H,3-4,9,11,14-15H2,1-2H3,(H,32,34)/t19-,23-,24?/m1/s1. The number of likely N-dealkylation sites (tertiary alicyclic amines) is 1. The van der Waals surface area contributed by atoms with Crippen LogP contribution in [0.4, 0.5) is 17.6 Å². The Labute approximate surface area is 224 Å². The lowest BCUT2D eigenvalue weighted by Gasteiger charge is -2.36. The fraction of sp³-hybridized carbons (Fsp3) is 0.481. The van der Waals surface area contributed by atoms with E-state index in [0.717, 1.165) is 12.1 Å². The number of carbonyl (C=O) groups is 2. The van der Waals surface area contributed by atoms with Crippen LogP contribution in [0.3, 0.4) is 0 Å². The normalized spacial score (nSPS) is 20.9. The van der Waals surface area contributed by atoms with Gasteiger partial charge in [0.05, 0.1) is 35.5 Å². The Kier molecular flexibility index (Phi) is 8.36. The number of carbonyl (C=O) groups excluding carboxylic acids is 2. The van der Waals surface area contributed by atoms with E-state index in [4.69, 9.17) is 4.74 Å². The van der Waals surface area contributed by atoms with Crippen LogP contribution in [0.1, 0.15) is 60.6 Å². The molecule has 2 amide bonds. The Morgan fingerprint density at radius 2 is 1.82 bits per heavy atom. The van der Waals surface area contributed by atoms with Crippen LogP contribution >= 0.6 is 0 Å². The molecule has 3 atom stereocenters. The number of alkyl halides is 3. The number of hydrogen-bond acceptors (Lipinski definition) is 5. The van der Waals surface area contributed by atoms with Crippen molar-refractivity contribution in [2.45, 2.75) is 62.3 Å². The van der Waals surface area contributed by atoms with E-state index < -0.39 is 51.3 Å². The van der Waals surface area contributed by atoms with Gasteiger partial charge in [-0.3, -0.25) is 9.59 Å². The molecule has 39 heavy (non-hydrogen) atoms. The van der Waals surface area contributed by atoms with Crippen LogP contribution in [0, 0.1) is 11.7 Å². The van der Waals surface area contributed by atoms with E-state index in [1.54, 1.807) is 0 Å². The van der Waals surface area contributed by atoms with Gasteiger partial charge in [-0.15, -0.1) is 0 Å². The van der Waals surface area contributed by atoms with E-state index in [1.165, 1.54) is 36.1 Å². The molecule has 2 aromatic rings. The zero-order valence-corrected chi connectivity index (χ0v) is 22.3. The monoisotopic (exact) mass is 570 g/mol. The van der Waals surface area contributed by atoms with Gasteiger partial charge < -0.3 is 15.0 Å². The van der Waals surface area contributed by atoms with E-state index in [0.29, 0.717) is 25.3 Å². The summed E-state index contributed by atoms with van der Waals surface area (Å²) < 4.78 is 84.0. The summed E-state index contributed by atoms with van der Waals surface area (Å²) in [7, 11) is -3.56. The van der Waals surface area contributed by atoms with E-state index in [2.05, 4.69) is 5.32 Å². The first kappa shape index (κ1) is 29.0. The molecular formula is C27H30F4N2O5S. The summed E-state index contributed by atoms with van der Waals surface area (Å²) >= 11 is 0. The molecule has 4 rings (SSSR count). The molecule has 212 valence electrons. The van der Waals surface area contributed by atoms with Crippen molar-refractivity contribution in [1.29, 1.82) is 0 Å². The summed E-state index contributed by atoms with van der Waals surface area (Å²) in [5, 5.41) is 2.77. The molecule has 12 heteroatoms. The second kappa shape index (κ2) is 11.2. The van der Waals surface area contributed by atoms with Crippen LogP contribution in [0.25, 0.3) is 0 Å². The molecule has 2 heterocycles. The van der Waals surface area contributed by atoms with Crippen molar-refractivity contribution < 1.29 is 40.3 Å². The minimum absolute atomic E-state index is 0.00641. The van der Waals surface area contributed by atoms with Crippen molar-refractivity contribution >= 4 is 21.7 Å². The number of halogens is 4. The number of nitrogens with zero attached hydrogens (tertiary/aromatic N) is 1. The highest BCUT2D eigenvalue weighted by atomic mass is 32.2. The molecule has 7 nitrogen and oxygen atoms in total. The van der Waals surface area contributed by atoms with Crippen molar-refractivity contribution in [1.82, 2.24) is 10.2 Å². The number of benzene rings is 2.